The Morgan fingerprint density at radius 3 is 2.76 bits per heavy atom. The number of hydrogen-bond acceptors (Lipinski definition) is 4. The molecular formula is C15H12FN3O2. The molecule has 0 saturated carbocycles. The molecule has 0 amide bonds. The summed E-state index contributed by atoms with van der Waals surface area (Å²) in [6, 6.07) is 7.89. The Kier molecular flexibility index (Phi) is 3.35. The summed E-state index contributed by atoms with van der Waals surface area (Å²) < 4.78 is 19.5. The van der Waals surface area contributed by atoms with Crippen LogP contribution in [0.1, 0.15) is 16.1 Å². The number of nitrogens with zero attached hydrogens (tertiary/aromatic N) is 3. The zero-order chi connectivity index (χ0) is 14.8. The van der Waals surface area contributed by atoms with Gasteiger partial charge in [0.1, 0.15) is 11.3 Å². The third kappa shape index (κ3) is 2.60. The molecule has 0 fully saturated rings. The highest BCUT2D eigenvalue weighted by atomic mass is 19.1. The molecule has 0 aliphatic heterocycles. The third-order valence-corrected chi connectivity index (χ3v) is 3.17. The maximum atomic E-state index is 12.9. The van der Waals surface area contributed by atoms with Gasteiger partial charge in [-0.1, -0.05) is 12.1 Å². The molecule has 0 saturated heterocycles. The molecule has 0 atom stereocenters. The lowest BCUT2D eigenvalue weighted by molar-refractivity contribution is 0.0594. The molecule has 21 heavy (non-hydrogen) atoms. The lowest BCUT2D eigenvalue weighted by Crippen LogP contribution is -2.05. The van der Waals surface area contributed by atoms with Crippen LogP contribution in [0.25, 0.3) is 11.0 Å². The molecule has 0 aliphatic rings. The molecule has 3 aromatic rings. The van der Waals surface area contributed by atoms with Crippen LogP contribution in [-0.4, -0.2) is 27.6 Å². The van der Waals surface area contributed by atoms with Crippen LogP contribution in [0, 0.1) is 5.82 Å². The number of rotatable bonds is 3. The van der Waals surface area contributed by atoms with Crippen molar-refractivity contribution in [2.75, 3.05) is 7.11 Å². The van der Waals surface area contributed by atoms with Gasteiger partial charge in [0.25, 0.3) is 0 Å². The van der Waals surface area contributed by atoms with Crippen molar-refractivity contribution in [1.82, 2.24) is 14.5 Å². The lowest BCUT2D eigenvalue weighted by atomic mass is 10.2. The first-order valence-electron chi connectivity index (χ1n) is 6.31. The van der Waals surface area contributed by atoms with Gasteiger partial charge < -0.3 is 9.30 Å². The van der Waals surface area contributed by atoms with Crippen LogP contribution in [0.15, 0.2) is 42.9 Å². The van der Waals surface area contributed by atoms with Crippen LogP contribution in [-0.2, 0) is 11.3 Å². The van der Waals surface area contributed by atoms with Gasteiger partial charge in [0.2, 0.25) is 0 Å². The van der Waals surface area contributed by atoms with Crippen molar-refractivity contribution in [1.29, 1.82) is 0 Å². The summed E-state index contributed by atoms with van der Waals surface area (Å²) >= 11 is 0. The van der Waals surface area contributed by atoms with E-state index >= 15 is 0 Å². The van der Waals surface area contributed by atoms with Crippen molar-refractivity contribution in [3.8, 4) is 0 Å². The predicted molar refractivity (Wildman–Crippen MR) is 74.4 cm³/mol. The fourth-order valence-corrected chi connectivity index (χ4v) is 2.09. The van der Waals surface area contributed by atoms with Gasteiger partial charge in [0.05, 0.1) is 25.2 Å². The first kappa shape index (κ1) is 13.2. The van der Waals surface area contributed by atoms with E-state index in [1.807, 2.05) is 4.57 Å². The Morgan fingerprint density at radius 2 is 2.05 bits per heavy atom. The average molecular weight is 285 g/mol. The molecule has 5 nitrogen and oxygen atoms in total. The summed E-state index contributed by atoms with van der Waals surface area (Å²) in [6.45, 7) is 0.529. The highest BCUT2D eigenvalue weighted by Gasteiger charge is 2.11. The SMILES string of the molecule is COC(=O)c1cc2c(cn1)ncn2Cc1ccc(F)cc1. The molecule has 0 radical (unpaired) electrons. The fourth-order valence-electron chi connectivity index (χ4n) is 2.09. The van der Waals surface area contributed by atoms with Gasteiger partial charge >= 0.3 is 5.97 Å². The number of fused-ring (bicyclic) bond motifs is 1. The molecule has 2 heterocycles. The number of ether oxygens (including phenoxy) is 1. The number of esters is 1. The number of aromatic nitrogens is 3. The van der Waals surface area contributed by atoms with E-state index in [0.717, 1.165) is 11.1 Å². The number of halogens is 1. The lowest BCUT2D eigenvalue weighted by Gasteiger charge is -2.05. The Hall–Kier alpha value is -2.76. The molecular weight excluding hydrogens is 273 g/mol. The second kappa shape index (κ2) is 5.32. The standard InChI is InChI=1S/C15H12FN3O2/c1-21-15(20)12-6-14-13(7-17-12)18-9-19(14)8-10-2-4-11(16)5-3-10/h2-7,9H,8H2,1H3. The largest absolute Gasteiger partial charge is 0.464 e. The van der Waals surface area contributed by atoms with Gasteiger partial charge in [-0.05, 0) is 23.8 Å². The zero-order valence-corrected chi connectivity index (χ0v) is 11.3. The smallest absolute Gasteiger partial charge is 0.356 e. The van der Waals surface area contributed by atoms with E-state index in [0.29, 0.717) is 12.1 Å². The van der Waals surface area contributed by atoms with Gasteiger partial charge in [0, 0.05) is 6.54 Å². The first-order valence-corrected chi connectivity index (χ1v) is 6.31. The van der Waals surface area contributed by atoms with E-state index in [2.05, 4.69) is 14.7 Å². The van der Waals surface area contributed by atoms with Crippen molar-refractivity contribution >= 4 is 17.0 Å². The summed E-state index contributed by atoms with van der Waals surface area (Å²) in [7, 11) is 1.31. The van der Waals surface area contributed by atoms with Crippen LogP contribution < -0.4 is 0 Å². The number of carbonyl (C=O) groups is 1. The first-order chi connectivity index (χ1) is 10.2. The Morgan fingerprint density at radius 1 is 1.29 bits per heavy atom. The van der Waals surface area contributed by atoms with Crippen molar-refractivity contribution in [3.63, 3.8) is 0 Å². The minimum absolute atomic E-state index is 0.228. The second-order valence-electron chi connectivity index (χ2n) is 4.55. The number of benzene rings is 1. The minimum Gasteiger partial charge on any atom is -0.464 e. The number of methoxy groups -OCH3 is 1. The van der Waals surface area contributed by atoms with E-state index in [1.165, 1.54) is 25.4 Å². The molecule has 0 unspecified atom stereocenters. The fraction of sp³-hybridized carbons (Fsp3) is 0.133. The summed E-state index contributed by atoms with van der Waals surface area (Å²) in [5.74, 6) is -0.766. The quantitative estimate of drug-likeness (QED) is 0.693. The van der Waals surface area contributed by atoms with Gasteiger partial charge in [-0.2, -0.15) is 0 Å². The molecule has 1 aromatic carbocycles. The Labute approximate surface area is 120 Å². The van der Waals surface area contributed by atoms with Crippen LogP contribution >= 0.6 is 0 Å². The van der Waals surface area contributed by atoms with Crippen molar-refractivity contribution < 1.29 is 13.9 Å². The van der Waals surface area contributed by atoms with E-state index in [1.54, 1.807) is 24.5 Å². The molecule has 106 valence electrons. The monoisotopic (exact) mass is 285 g/mol. The molecule has 2 aromatic heterocycles. The third-order valence-electron chi connectivity index (χ3n) is 3.17. The van der Waals surface area contributed by atoms with Crippen molar-refractivity contribution in [3.05, 3.63) is 59.9 Å². The number of carbonyl (C=O) groups excluding carboxylic acids is 1. The van der Waals surface area contributed by atoms with Crippen molar-refractivity contribution in [2.24, 2.45) is 0 Å². The predicted octanol–water partition coefficient (Wildman–Crippen LogP) is 2.41. The zero-order valence-electron chi connectivity index (χ0n) is 11.3. The number of hydrogen-bond donors (Lipinski definition) is 0. The van der Waals surface area contributed by atoms with Crippen LogP contribution in [0.3, 0.4) is 0 Å². The van der Waals surface area contributed by atoms with Crippen LogP contribution in [0.2, 0.25) is 0 Å². The van der Waals surface area contributed by atoms with Gasteiger partial charge in [-0.15, -0.1) is 0 Å². The van der Waals surface area contributed by atoms with Gasteiger partial charge in [0.15, 0.2) is 5.69 Å². The van der Waals surface area contributed by atoms with E-state index in [4.69, 9.17) is 0 Å². The summed E-state index contributed by atoms with van der Waals surface area (Å²) in [6.07, 6.45) is 3.19. The van der Waals surface area contributed by atoms with Crippen LogP contribution in [0.5, 0.6) is 0 Å². The van der Waals surface area contributed by atoms with Gasteiger partial charge in [-0.25, -0.2) is 19.2 Å². The summed E-state index contributed by atoms with van der Waals surface area (Å²) in [5.41, 5.74) is 2.62. The van der Waals surface area contributed by atoms with Crippen molar-refractivity contribution in [2.45, 2.75) is 6.54 Å². The molecule has 3 rings (SSSR count). The number of pyridine rings is 1. The maximum Gasteiger partial charge on any atom is 0.356 e. The molecule has 0 aliphatic carbocycles. The molecule has 6 heteroatoms. The minimum atomic E-state index is -0.494. The normalized spacial score (nSPS) is 10.8. The Bertz CT molecular complexity index is 796. The highest BCUT2D eigenvalue weighted by molar-refractivity contribution is 5.91. The van der Waals surface area contributed by atoms with Crippen LogP contribution in [0.4, 0.5) is 4.39 Å². The number of imidazole rings is 1. The topological polar surface area (TPSA) is 57.0 Å². The molecule has 0 bridgehead atoms. The molecule has 0 N–H and O–H groups in total. The average Bonchev–Trinajstić information content (AvgIpc) is 2.91. The summed E-state index contributed by atoms with van der Waals surface area (Å²) in [4.78, 5) is 19.8. The van der Waals surface area contributed by atoms with Gasteiger partial charge in [-0.3, -0.25) is 0 Å². The highest BCUT2D eigenvalue weighted by Crippen LogP contribution is 2.15. The van der Waals surface area contributed by atoms with E-state index in [9.17, 15) is 9.18 Å². The maximum absolute atomic E-state index is 12.9. The summed E-state index contributed by atoms with van der Waals surface area (Å²) in [5, 5.41) is 0. The molecule has 0 spiro atoms. The second-order valence-corrected chi connectivity index (χ2v) is 4.55. The van der Waals surface area contributed by atoms with E-state index < -0.39 is 5.97 Å². The Balaban J connectivity index is 1.98. The van der Waals surface area contributed by atoms with E-state index in [-0.39, 0.29) is 11.5 Å².